The molecule has 15 heavy (non-hydrogen) atoms. The van der Waals surface area contributed by atoms with Crippen molar-refractivity contribution in [3.8, 4) is 0 Å². The summed E-state index contributed by atoms with van der Waals surface area (Å²) in [6.45, 7) is 3.62. The number of hydrogen-bond acceptors (Lipinski definition) is 2. The van der Waals surface area contributed by atoms with Crippen LogP contribution in [-0.2, 0) is 0 Å². The van der Waals surface area contributed by atoms with E-state index >= 15 is 0 Å². The highest BCUT2D eigenvalue weighted by Gasteiger charge is 2.05. The van der Waals surface area contributed by atoms with Gasteiger partial charge in [-0.25, -0.2) is 0 Å². The number of rotatable bonds is 3. The summed E-state index contributed by atoms with van der Waals surface area (Å²) in [5.74, 6) is 0. The zero-order valence-electron chi connectivity index (χ0n) is 8.43. The monoisotopic (exact) mass is 199 g/mol. The Morgan fingerprint density at radius 3 is 3.07 bits per heavy atom. The lowest BCUT2D eigenvalue weighted by Gasteiger charge is -2.08. The minimum absolute atomic E-state index is 0.466. The molecule has 2 heteroatoms. The van der Waals surface area contributed by atoms with Crippen LogP contribution in [0.25, 0.3) is 10.9 Å². The third-order valence-corrected chi connectivity index (χ3v) is 2.40. The van der Waals surface area contributed by atoms with Crippen molar-refractivity contribution in [1.82, 2.24) is 4.98 Å². The van der Waals surface area contributed by atoms with Gasteiger partial charge in [0.25, 0.3) is 0 Å². The van der Waals surface area contributed by atoms with Gasteiger partial charge in [0.15, 0.2) is 0 Å². The molecule has 0 fully saturated rings. The van der Waals surface area contributed by atoms with Crippen LogP contribution in [0.3, 0.4) is 0 Å². The van der Waals surface area contributed by atoms with Crippen LogP contribution in [0.2, 0.25) is 0 Å². The molecule has 0 bridgehead atoms. The third-order valence-electron chi connectivity index (χ3n) is 2.40. The number of aliphatic hydroxyl groups excluding tert-OH is 1. The van der Waals surface area contributed by atoms with Gasteiger partial charge in [-0.1, -0.05) is 18.2 Å². The first kappa shape index (κ1) is 9.87. The number of aromatic nitrogens is 1. The van der Waals surface area contributed by atoms with Crippen LogP contribution in [0.4, 0.5) is 0 Å². The zero-order chi connectivity index (χ0) is 10.7. The molecule has 1 atom stereocenters. The zero-order valence-corrected chi connectivity index (χ0v) is 8.43. The predicted molar refractivity (Wildman–Crippen MR) is 61.5 cm³/mol. The van der Waals surface area contributed by atoms with Gasteiger partial charge in [0.1, 0.15) is 0 Å². The van der Waals surface area contributed by atoms with Gasteiger partial charge in [-0.3, -0.25) is 4.98 Å². The lowest BCUT2D eigenvalue weighted by atomic mass is 10.0. The summed E-state index contributed by atoms with van der Waals surface area (Å²) >= 11 is 0. The average Bonchev–Trinajstić information content (AvgIpc) is 2.29. The Morgan fingerprint density at radius 2 is 2.27 bits per heavy atom. The largest absolute Gasteiger partial charge is 0.388 e. The molecule has 0 aliphatic carbocycles. The fraction of sp³-hybridized carbons (Fsp3) is 0.154. The second-order valence-electron chi connectivity index (χ2n) is 3.50. The minimum Gasteiger partial charge on any atom is -0.388 e. The highest BCUT2D eigenvalue weighted by molar-refractivity contribution is 5.78. The summed E-state index contributed by atoms with van der Waals surface area (Å²) in [6.07, 6.45) is 3.60. The van der Waals surface area contributed by atoms with E-state index in [1.165, 1.54) is 0 Å². The predicted octanol–water partition coefficient (Wildman–Crippen LogP) is 2.84. The van der Waals surface area contributed by atoms with Gasteiger partial charge in [0.05, 0.1) is 11.6 Å². The van der Waals surface area contributed by atoms with Crippen molar-refractivity contribution < 1.29 is 5.11 Å². The molecule has 2 rings (SSSR count). The summed E-state index contributed by atoms with van der Waals surface area (Å²) in [6, 6.07) is 9.69. The van der Waals surface area contributed by atoms with E-state index in [1.54, 1.807) is 12.3 Å². The fourth-order valence-corrected chi connectivity index (χ4v) is 1.60. The van der Waals surface area contributed by atoms with Crippen LogP contribution in [0.1, 0.15) is 18.1 Å². The molecule has 1 unspecified atom stereocenters. The maximum absolute atomic E-state index is 9.79. The molecule has 76 valence electrons. The summed E-state index contributed by atoms with van der Waals surface area (Å²) in [4.78, 5) is 4.23. The summed E-state index contributed by atoms with van der Waals surface area (Å²) in [5, 5.41) is 10.8. The molecule has 1 aromatic carbocycles. The van der Waals surface area contributed by atoms with E-state index in [9.17, 15) is 5.11 Å². The van der Waals surface area contributed by atoms with Crippen molar-refractivity contribution in [3.63, 3.8) is 0 Å². The topological polar surface area (TPSA) is 33.1 Å². The van der Waals surface area contributed by atoms with Crippen LogP contribution in [-0.4, -0.2) is 10.1 Å². The first-order chi connectivity index (χ1) is 7.31. The van der Waals surface area contributed by atoms with Crippen molar-refractivity contribution in [1.29, 1.82) is 0 Å². The van der Waals surface area contributed by atoms with Crippen LogP contribution >= 0.6 is 0 Å². The number of aliphatic hydroxyl groups is 1. The Kier molecular flexibility index (Phi) is 2.79. The molecule has 0 saturated carbocycles. The molecular weight excluding hydrogens is 186 g/mol. The van der Waals surface area contributed by atoms with Crippen molar-refractivity contribution >= 4 is 10.9 Å². The fourth-order valence-electron chi connectivity index (χ4n) is 1.60. The van der Waals surface area contributed by atoms with E-state index in [0.29, 0.717) is 6.42 Å². The maximum Gasteiger partial charge on any atom is 0.0824 e. The molecule has 1 heterocycles. The molecule has 0 saturated heterocycles. The molecule has 2 nitrogen and oxygen atoms in total. The van der Waals surface area contributed by atoms with Gasteiger partial charge in [-0.2, -0.15) is 0 Å². The maximum atomic E-state index is 9.79. The second kappa shape index (κ2) is 4.24. The minimum atomic E-state index is -0.466. The number of hydrogen-bond donors (Lipinski definition) is 1. The van der Waals surface area contributed by atoms with Gasteiger partial charge in [0.2, 0.25) is 0 Å². The lowest BCUT2D eigenvalue weighted by molar-refractivity contribution is 0.182. The number of pyridine rings is 1. The normalized spacial score (nSPS) is 12.6. The van der Waals surface area contributed by atoms with Crippen LogP contribution < -0.4 is 0 Å². The van der Waals surface area contributed by atoms with Crippen LogP contribution in [0, 0.1) is 0 Å². The van der Waals surface area contributed by atoms with Gasteiger partial charge in [-0.05, 0) is 30.2 Å². The first-order valence-electron chi connectivity index (χ1n) is 4.95. The second-order valence-corrected chi connectivity index (χ2v) is 3.50. The van der Waals surface area contributed by atoms with Crippen LogP contribution in [0.15, 0.2) is 49.2 Å². The molecule has 1 N–H and O–H groups in total. The molecular formula is C13H13NO. The number of nitrogens with zero attached hydrogens (tertiary/aromatic N) is 1. The van der Waals surface area contributed by atoms with E-state index < -0.39 is 6.10 Å². The van der Waals surface area contributed by atoms with E-state index in [0.717, 1.165) is 16.5 Å². The Balaban J connectivity index is 2.42. The van der Waals surface area contributed by atoms with E-state index in [1.807, 2.05) is 30.3 Å². The van der Waals surface area contributed by atoms with E-state index in [-0.39, 0.29) is 0 Å². The summed E-state index contributed by atoms with van der Waals surface area (Å²) in [5.41, 5.74) is 1.86. The number of fused-ring (bicyclic) bond motifs is 1. The molecule has 0 spiro atoms. The van der Waals surface area contributed by atoms with Crippen molar-refractivity contribution in [2.45, 2.75) is 12.5 Å². The smallest absolute Gasteiger partial charge is 0.0824 e. The SMILES string of the molecule is C=CCC(O)c1ccc2ncccc2c1. The molecule has 1 aromatic heterocycles. The lowest BCUT2D eigenvalue weighted by Crippen LogP contribution is -1.95. The Morgan fingerprint density at radius 1 is 1.40 bits per heavy atom. The molecule has 0 radical (unpaired) electrons. The summed E-state index contributed by atoms with van der Waals surface area (Å²) < 4.78 is 0. The van der Waals surface area contributed by atoms with Gasteiger partial charge < -0.3 is 5.11 Å². The Bertz CT molecular complexity index is 479. The Hall–Kier alpha value is -1.67. The summed E-state index contributed by atoms with van der Waals surface area (Å²) in [7, 11) is 0. The molecule has 0 aliphatic heterocycles. The van der Waals surface area contributed by atoms with E-state index in [2.05, 4.69) is 11.6 Å². The molecule has 0 amide bonds. The highest BCUT2D eigenvalue weighted by Crippen LogP contribution is 2.21. The van der Waals surface area contributed by atoms with Crippen molar-refractivity contribution in [2.75, 3.05) is 0 Å². The molecule has 0 aliphatic rings. The van der Waals surface area contributed by atoms with Gasteiger partial charge >= 0.3 is 0 Å². The van der Waals surface area contributed by atoms with Crippen molar-refractivity contribution in [2.24, 2.45) is 0 Å². The van der Waals surface area contributed by atoms with Gasteiger partial charge in [-0.15, -0.1) is 6.58 Å². The third kappa shape index (κ3) is 2.05. The number of benzene rings is 1. The highest BCUT2D eigenvalue weighted by atomic mass is 16.3. The first-order valence-corrected chi connectivity index (χ1v) is 4.95. The van der Waals surface area contributed by atoms with E-state index in [4.69, 9.17) is 0 Å². The Labute approximate surface area is 88.9 Å². The average molecular weight is 199 g/mol. The quantitative estimate of drug-likeness (QED) is 0.771. The van der Waals surface area contributed by atoms with Crippen LogP contribution in [0.5, 0.6) is 0 Å². The molecule has 2 aromatic rings. The van der Waals surface area contributed by atoms with Crippen molar-refractivity contribution in [3.05, 3.63) is 54.7 Å². The van der Waals surface area contributed by atoms with Gasteiger partial charge in [0, 0.05) is 11.6 Å². The standard InChI is InChI=1S/C13H13NO/c1-2-4-13(15)11-6-7-12-10(9-11)5-3-8-14-12/h2-3,5-9,13,15H,1,4H2.